The number of nitrogens with one attached hydrogen (secondary N) is 2. The maximum absolute atomic E-state index is 11.6. The minimum atomic E-state index is -0.403. The number of nitrogens with zero attached hydrogens (tertiary/aromatic N) is 6. The van der Waals surface area contributed by atoms with Crippen molar-refractivity contribution in [1.82, 2.24) is 35.4 Å². The fraction of sp³-hybridized carbons (Fsp3) is 0.208. The van der Waals surface area contributed by atoms with Gasteiger partial charge in [-0.2, -0.15) is 4.98 Å². The van der Waals surface area contributed by atoms with Crippen molar-refractivity contribution in [3.8, 4) is 11.3 Å². The number of carbonyl (C=O) groups excluding carboxylic acids is 1. The van der Waals surface area contributed by atoms with Gasteiger partial charge in [0.2, 0.25) is 11.9 Å². The van der Waals surface area contributed by atoms with E-state index in [0.717, 1.165) is 45.7 Å². The Bertz CT molecular complexity index is 1440. The molecule has 0 saturated heterocycles. The van der Waals surface area contributed by atoms with Crippen LogP contribution in [0.2, 0.25) is 0 Å². The van der Waals surface area contributed by atoms with Crippen molar-refractivity contribution in [3.63, 3.8) is 0 Å². The van der Waals surface area contributed by atoms with Crippen LogP contribution in [0.25, 0.3) is 27.9 Å². The SMILES string of the molecule is Cc1cc(N(CCC(N)=O)c2cc(-c3c[nH]c4ncc(C5=CN(C)NC5)cc34)nc(N)n2)ccn1. The molecule has 0 aliphatic carbocycles. The van der Waals surface area contributed by atoms with E-state index in [9.17, 15) is 4.79 Å². The molecule has 0 bridgehead atoms. The molecule has 6 N–H and O–H groups in total. The lowest BCUT2D eigenvalue weighted by atomic mass is 10.1. The first-order chi connectivity index (χ1) is 16.9. The van der Waals surface area contributed by atoms with E-state index in [1.54, 1.807) is 6.20 Å². The van der Waals surface area contributed by atoms with Crippen LogP contribution in [0.3, 0.4) is 0 Å². The van der Waals surface area contributed by atoms with E-state index in [0.29, 0.717) is 18.1 Å². The third-order valence-corrected chi connectivity index (χ3v) is 5.83. The summed E-state index contributed by atoms with van der Waals surface area (Å²) < 4.78 is 0. The molecule has 0 unspecified atom stereocenters. The summed E-state index contributed by atoms with van der Waals surface area (Å²) in [6.07, 6.45) is 7.63. The highest BCUT2D eigenvalue weighted by Crippen LogP contribution is 2.33. The number of amides is 1. The molecular formula is C24H26N10O. The van der Waals surface area contributed by atoms with Gasteiger partial charge in [-0.3, -0.25) is 9.78 Å². The second-order valence-electron chi connectivity index (χ2n) is 8.42. The van der Waals surface area contributed by atoms with Crippen LogP contribution in [-0.4, -0.2) is 56.0 Å². The lowest BCUT2D eigenvalue weighted by Gasteiger charge is -2.24. The van der Waals surface area contributed by atoms with Gasteiger partial charge in [0.05, 0.1) is 5.69 Å². The standard InChI is InChI=1S/C24H26N10O/c1-14-7-17(3-5-27-14)34(6-4-21(25)35)22-9-20(31-24(26)32-22)19-12-29-23-18(19)8-15(10-28-23)16-11-30-33(2)13-16/h3,5,7-10,12-13,30H,4,6,11H2,1-2H3,(H2,25,35)(H,28,29)(H2,26,31,32). The molecule has 0 spiro atoms. The van der Waals surface area contributed by atoms with Gasteiger partial charge in [-0.05, 0) is 36.3 Å². The predicted molar refractivity (Wildman–Crippen MR) is 135 cm³/mol. The second kappa shape index (κ2) is 9.03. The van der Waals surface area contributed by atoms with E-state index in [1.807, 2.05) is 60.7 Å². The van der Waals surface area contributed by atoms with E-state index in [-0.39, 0.29) is 12.4 Å². The average molecular weight is 471 g/mol. The summed E-state index contributed by atoms with van der Waals surface area (Å²) in [5.74, 6) is 0.275. The Morgan fingerprint density at radius 3 is 2.83 bits per heavy atom. The Labute approximate surface area is 201 Å². The highest BCUT2D eigenvalue weighted by molar-refractivity contribution is 5.95. The van der Waals surface area contributed by atoms with Crippen LogP contribution in [-0.2, 0) is 4.79 Å². The number of H-pyrrole nitrogens is 1. The number of hydrogen-bond donors (Lipinski definition) is 4. The highest BCUT2D eigenvalue weighted by atomic mass is 16.1. The second-order valence-corrected chi connectivity index (χ2v) is 8.42. The van der Waals surface area contributed by atoms with E-state index in [1.165, 1.54) is 0 Å². The first kappa shape index (κ1) is 22.3. The van der Waals surface area contributed by atoms with Crippen LogP contribution >= 0.6 is 0 Å². The van der Waals surface area contributed by atoms with Crippen LogP contribution in [0.5, 0.6) is 0 Å². The summed E-state index contributed by atoms with van der Waals surface area (Å²) in [6, 6.07) is 7.72. The lowest BCUT2D eigenvalue weighted by Crippen LogP contribution is -2.25. The van der Waals surface area contributed by atoms with Crippen molar-refractivity contribution < 1.29 is 4.79 Å². The number of fused-ring (bicyclic) bond motifs is 1. The number of rotatable bonds is 7. The van der Waals surface area contributed by atoms with Gasteiger partial charge in [0.15, 0.2) is 0 Å². The van der Waals surface area contributed by atoms with Gasteiger partial charge in [-0.1, -0.05) is 0 Å². The molecule has 178 valence electrons. The number of aryl methyl sites for hydroxylation is 1. The fourth-order valence-corrected chi connectivity index (χ4v) is 4.13. The summed E-state index contributed by atoms with van der Waals surface area (Å²) >= 11 is 0. The number of carbonyl (C=O) groups is 1. The van der Waals surface area contributed by atoms with Gasteiger partial charge >= 0.3 is 0 Å². The van der Waals surface area contributed by atoms with E-state index in [2.05, 4.69) is 36.4 Å². The van der Waals surface area contributed by atoms with E-state index < -0.39 is 5.91 Å². The van der Waals surface area contributed by atoms with Crippen LogP contribution < -0.4 is 21.8 Å². The summed E-state index contributed by atoms with van der Waals surface area (Å²) in [7, 11) is 1.96. The third kappa shape index (κ3) is 4.62. The molecule has 0 fully saturated rings. The molecule has 0 atom stereocenters. The molecule has 0 saturated carbocycles. The van der Waals surface area contributed by atoms with E-state index >= 15 is 0 Å². The number of nitrogen functional groups attached to an aromatic ring is 1. The molecule has 1 aliphatic heterocycles. The summed E-state index contributed by atoms with van der Waals surface area (Å²) in [5, 5.41) is 2.85. The first-order valence-electron chi connectivity index (χ1n) is 11.2. The monoisotopic (exact) mass is 470 g/mol. The fourth-order valence-electron chi connectivity index (χ4n) is 4.13. The van der Waals surface area contributed by atoms with Crippen LogP contribution in [0, 0.1) is 6.92 Å². The normalized spacial score (nSPS) is 13.3. The van der Waals surface area contributed by atoms with E-state index in [4.69, 9.17) is 11.5 Å². The number of hydrogen-bond acceptors (Lipinski definition) is 9. The Kier molecular flexibility index (Phi) is 5.75. The molecular weight excluding hydrogens is 444 g/mol. The number of nitrogens with two attached hydrogens (primary N) is 2. The summed E-state index contributed by atoms with van der Waals surface area (Å²) in [6.45, 7) is 2.97. The molecule has 5 rings (SSSR count). The first-order valence-corrected chi connectivity index (χ1v) is 11.2. The van der Waals surface area contributed by atoms with Crippen molar-refractivity contribution in [2.75, 3.05) is 30.8 Å². The minimum Gasteiger partial charge on any atom is -0.370 e. The van der Waals surface area contributed by atoms with Gasteiger partial charge in [-0.25, -0.2) is 15.4 Å². The smallest absolute Gasteiger partial charge is 0.222 e. The minimum absolute atomic E-state index is 0.121. The Morgan fingerprint density at radius 1 is 1.23 bits per heavy atom. The molecule has 4 aromatic heterocycles. The van der Waals surface area contributed by atoms with Gasteiger partial charge < -0.3 is 26.4 Å². The predicted octanol–water partition coefficient (Wildman–Crippen LogP) is 2.11. The molecule has 4 aromatic rings. The maximum atomic E-state index is 11.6. The average Bonchev–Trinajstić information content (AvgIpc) is 3.44. The number of aromatic amines is 1. The summed E-state index contributed by atoms with van der Waals surface area (Å²) in [5.41, 5.74) is 20.9. The molecule has 0 aromatic carbocycles. The zero-order valence-corrected chi connectivity index (χ0v) is 19.5. The van der Waals surface area contributed by atoms with Crippen LogP contribution in [0.1, 0.15) is 17.7 Å². The van der Waals surface area contributed by atoms with Crippen molar-refractivity contribution in [1.29, 1.82) is 0 Å². The van der Waals surface area contributed by atoms with Gasteiger partial charge in [-0.15, -0.1) is 0 Å². The molecule has 1 aliphatic rings. The molecule has 35 heavy (non-hydrogen) atoms. The molecule has 11 nitrogen and oxygen atoms in total. The largest absolute Gasteiger partial charge is 0.370 e. The summed E-state index contributed by atoms with van der Waals surface area (Å²) in [4.78, 5) is 34.5. The number of aromatic nitrogens is 5. The van der Waals surface area contributed by atoms with Crippen molar-refractivity contribution in [2.45, 2.75) is 13.3 Å². The van der Waals surface area contributed by atoms with Crippen LogP contribution in [0.15, 0.2) is 49.1 Å². The number of pyridine rings is 2. The van der Waals surface area contributed by atoms with Gasteiger partial charge in [0.25, 0.3) is 0 Å². The Balaban J connectivity index is 1.59. The highest BCUT2D eigenvalue weighted by Gasteiger charge is 2.18. The zero-order valence-electron chi connectivity index (χ0n) is 19.5. The van der Waals surface area contributed by atoms with Gasteiger partial charge in [0, 0.05) is 79.7 Å². The molecule has 0 radical (unpaired) electrons. The number of anilines is 3. The zero-order chi connectivity index (χ0) is 24.5. The number of primary amides is 1. The molecule has 5 heterocycles. The number of hydrazine groups is 1. The molecule has 11 heteroatoms. The Morgan fingerprint density at radius 2 is 2.09 bits per heavy atom. The third-order valence-electron chi connectivity index (χ3n) is 5.83. The van der Waals surface area contributed by atoms with Crippen molar-refractivity contribution in [3.05, 3.63) is 60.3 Å². The van der Waals surface area contributed by atoms with Gasteiger partial charge in [0.1, 0.15) is 11.5 Å². The molecule has 1 amide bonds. The van der Waals surface area contributed by atoms with Crippen LogP contribution in [0.4, 0.5) is 17.5 Å². The maximum Gasteiger partial charge on any atom is 0.222 e. The van der Waals surface area contributed by atoms with Crippen molar-refractivity contribution in [2.24, 2.45) is 5.73 Å². The quantitative estimate of drug-likeness (QED) is 0.318. The Hall–Kier alpha value is -4.51. The topological polar surface area (TPSA) is 155 Å². The van der Waals surface area contributed by atoms with Crippen molar-refractivity contribution >= 4 is 40.0 Å². The lowest BCUT2D eigenvalue weighted by molar-refractivity contribution is -0.117.